The zero-order valence-corrected chi connectivity index (χ0v) is 16.5. The number of amides is 1. The number of halogens is 1. The van der Waals surface area contributed by atoms with Gasteiger partial charge in [-0.15, -0.1) is 11.3 Å². The summed E-state index contributed by atoms with van der Waals surface area (Å²) in [6.07, 6.45) is 2.80. The van der Waals surface area contributed by atoms with Crippen LogP contribution >= 0.6 is 22.9 Å². The minimum Gasteiger partial charge on any atom is -0.481 e. The fourth-order valence-corrected chi connectivity index (χ4v) is 6.73. The molecule has 0 spiro atoms. The third kappa shape index (κ3) is 3.90. The first-order chi connectivity index (χ1) is 12.3. The number of thiophene rings is 1. The Morgan fingerprint density at radius 1 is 1.08 bits per heavy atom. The van der Waals surface area contributed by atoms with Crippen LogP contribution in [0.5, 0.6) is 0 Å². The molecule has 0 aromatic carbocycles. The van der Waals surface area contributed by atoms with Crippen LogP contribution < -0.4 is 0 Å². The molecule has 7 nitrogen and oxygen atoms in total. The normalized spacial score (nSPS) is 25.2. The molecule has 0 radical (unpaired) electrons. The summed E-state index contributed by atoms with van der Waals surface area (Å²) in [4.78, 5) is 25.8. The number of carboxylic acid groups (broad SMARTS) is 1. The van der Waals surface area contributed by atoms with Crippen LogP contribution in [0.25, 0.3) is 0 Å². The van der Waals surface area contributed by atoms with E-state index in [2.05, 4.69) is 0 Å². The molecule has 1 aromatic heterocycles. The number of sulfonamides is 1. The smallest absolute Gasteiger partial charge is 0.307 e. The molecular weight excluding hydrogens is 400 g/mol. The van der Waals surface area contributed by atoms with Gasteiger partial charge in [-0.25, -0.2) is 8.42 Å². The van der Waals surface area contributed by atoms with Crippen molar-refractivity contribution in [3.63, 3.8) is 0 Å². The number of carbonyl (C=O) groups is 2. The Labute approximate surface area is 161 Å². The molecule has 0 bridgehead atoms. The quantitative estimate of drug-likeness (QED) is 0.805. The minimum absolute atomic E-state index is 0.159. The molecule has 2 atom stereocenters. The van der Waals surface area contributed by atoms with Gasteiger partial charge >= 0.3 is 5.97 Å². The molecular formula is C16H21ClN2O5S2. The van der Waals surface area contributed by atoms with Crippen molar-refractivity contribution in [2.24, 2.45) is 11.8 Å². The topological polar surface area (TPSA) is 95.0 Å². The molecule has 1 aromatic rings. The Kier molecular flexibility index (Phi) is 5.91. The van der Waals surface area contributed by atoms with Crippen molar-refractivity contribution in [3.8, 4) is 0 Å². The van der Waals surface area contributed by atoms with E-state index in [0.717, 1.165) is 24.2 Å². The summed E-state index contributed by atoms with van der Waals surface area (Å²) in [6, 6.07) is 3.04. The molecule has 26 heavy (non-hydrogen) atoms. The predicted molar refractivity (Wildman–Crippen MR) is 97.8 cm³/mol. The summed E-state index contributed by atoms with van der Waals surface area (Å²) in [5.41, 5.74) is 0. The number of hydrogen-bond acceptors (Lipinski definition) is 5. The third-order valence-corrected chi connectivity index (χ3v) is 8.69. The Morgan fingerprint density at radius 3 is 2.23 bits per heavy atom. The summed E-state index contributed by atoms with van der Waals surface area (Å²) in [7, 11) is -3.60. The van der Waals surface area contributed by atoms with Crippen LogP contribution in [0, 0.1) is 11.8 Å². The molecule has 1 aliphatic heterocycles. The molecule has 1 saturated heterocycles. The van der Waals surface area contributed by atoms with Crippen LogP contribution in [0.15, 0.2) is 16.3 Å². The summed E-state index contributed by atoms with van der Waals surface area (Å²) in [5.74, 6) is -2.21. The van der Waals surface area contributed by atoms with E-state index >= 15 is 0 Å². The average Bonchev–Trinajstić information content (AvgIpc) is 3.08. The van der Waals surface area contributed by atoms with Gasteiger partial charge in [0.15, 0.2) is 0 Å². The average molecular weight is 421 g/mol. The lowest BCUT2D eigenvalue weighted by Gasteiger charge is -2.37. The summed E-state index contributed by atoms with van der Waals surface area (Å²) >= 11 is 6.84. The van der Waals surface area contributed by atoms with Gasteiger partial charge in [-0.2, -0.15) is 4.31 Å². The van der Waals surface area contributed by atoms with Crippen LogP contribution in [-0.2, 0) is 19.6 Å². The minimum atomic E-state index is -3.60. The number of nitrogens with zero attached hydrogens (tertiary/aromatic N) is 2. The summed E-state index contributed by atoms with van der Waals surface area (Å²) < 4.78 is 27.2. The Morgan fingerprint density at radius 2 is 1.69 bits per heavy atom. The standard InChI is InChI=1S/C16H21ClN2O5S2/c17-13-5-6-14(25-13)26(23,24)19-9-7-18(8-10-19)15(20)11-3-1-2-4-12(11)16(21)22/h5-6,11-12H,1-4,7-10H2,(H,21,22). The van der Waals surface area contributed by atoms with Crippen LogP contribution in [0.4, 0.5) is 0 Å². The number of piperazine rings is 1. The molecule has 3 rings (SSSR count). The monoisotopic (exact) mass is 420 g/mol. The number of carbonyl (C=O) groups excluding carboxylic acids is 1. The number of carboxylic acids is 1. The molecule has 1 N–H and O–H groups in total. The molecule has 2 fully saturated rings. The van der Waals surface area contributed by atoms with Gasteiger partial charge in [-0.1, -0.05) is 24.4 Å². The van der Waals surface area contributed by atoms with E-state index in [4.69, 9.17) is 11.6 Å². The Bertz CT molecular complexity index is 786. The number of rotatable bonds is 4. The Balaban J connectivity index is 1.64. The highest BCUT2D eigenvalue weighted by molar-refractivity contribution is 7.91. The third-order valence-electron chi connectivity index (χ3n) is 5.09. The van der Waals surface area contributed by atoms with Crippen molar-refractivity contribution in [2.75, 3.05) is 26.2 Å². The first kappa shape index (κ1) is 19.6. The molecule has 1 amide bonds. The zero-order valence-electron chi connectivity index (χ0n) is 14.1. The molecule has 2 unspecified atom stereocenters. The van der Waals surface area contributed by atoms with E-state index in [1.807, 2.05) is 0 Å². The van der Waals surface area contributed by atoms with Gasteiger partial charge in [-0.05, 0) is 25.0 Å². The van der Waals surface area contributed by atoms with Crippen molar-refractivity contribution in [1.82, 2.24) is 9.21 Å². The second-order valence-electron chi connectivity index (χ2n) is 6.62. The van der Waals surface area contributed by atoms with Crippen molar-refractivity contribution >= 4 is 44.8 Å². The highest BCUT2D eigenvalue weighted by Gasteiger charge is 2.39. The number of hydrogen-bond donors (Lipinski definition) is 1. The van der Waals surface area contributed by atoms with E-state index in [-0.39, 0.29) is 36.3 Å². The zero-order chi connectivity index (χ0) is 18.9. The number of aliphatic carboxylic acids is 1. The van der Waals surface area contributed by atoms with Crippen LogP contribution in [0.3, 0.4) is 0 Å². The van der Waals surface area contributed by atoms with E-state index in [1.165, 1.54) is 10.4 Å². The van der Waals surface area contributed by atoms with Crippen LogP contribution in [-0.4, -0.2) is 60.8 Å². The lowest BCUT2D eigenvalue weighted by Crippen LogP contribution is -2.53. The Hall–Kier alpha value is -1.16. The van der Waals surface area contributed by atoms with Crippen molar-refractivity contribution < 1.29 is 23.1 Å². The van der Waals surface area contributed by atoms with Gasteiger partial charge in [0.1, 0.15) is 4.21 Å². The van der Waals surface area contributed by atoms with E-state index in [1.54, 1.807) is 11.0 Å². The second-order valence-corrected chi connectivity index (χ2v) is 10.5. The van der Waals surface area contributed by atoms with Gasteiger partial charge in [-0.3, -0.25) is 9.59 Å². The highest BCUT2D eigenvalue weighted by Crippen LogP contribution is 2.33. The SMILES string of the molecule is O=C(O)C1CCCCC1C(=O)N1CCN(S(=O)(=O)c2ccc(Cl)s2)CC1. The van der Waals surface area contributed by atoms with Crippen molar-refractivity contribution in [1.29, 1.82) is 0 Å². The van der Waals surface area contributed by atoms with Gasteiger partial charge in [0, 0.05) is 26.2 Å². The maximum atomic E-state index is 12.8. The maximum absolute atomic E-state index is 12.8. The fourth-order valence-electron chi connectivity index (χ4n) is 3.67. The largest absolute Gasteiger partial charge is 0.481 e. The highest BCUT2D eigenvalue weighted by atomic mass is 35.5. The van der Waals surface area contributed by atoms with Gasteiger partial charge in [0.2, 0.25) is 5.91 Å². The van der Waals surface area contributed by atoms with Crippen molar-refractivity contribution in [3.05, 3.63) is 16.5 Å². The first-order valence-electron chi connectivity index (χ1n) is 8.58. The van der Waals surface area contributed by atoms with E-state index in [0.29, 0.717) is 17.2 Å². The predicted octanol–water partition coefficient (Wildman–Crippen LogP) is 2.13. The molecule has 10 heteroatoms. The fraction of sp³-hybridized carbons (Fsp3) is 0.625. The maximum Gasteiger partial charge on any atom is 0.307 e. The summed E-state index contributed by atoms with van der Waals surface area (Å²) in [5, 5.41) is 9.36. The lowest BCUT2D eigenvalue weighted by atomic mass is 9.78. The van der Waals surface area contributed by atoms with Gasteiger partial charge in [0.25, 0.3) is 10.0 Å². The van der Waals surface area contributed by atoms with E-state index in [9.17, 15) is 23.1 Å². The van der Waals surface area contributed by atoms with Crippen LogP contribution in [0.1, 0.15) is 25.7 Å². The van der Waals surface area contributed by atoms with Crippen molar-refractivity contribution in [2.45, 2.75) is 29.9 Å². The molecule has 2 aliphatic rings. The van der Waals surface area contributed by atoms with Gasteiger partial charge in [0.05, 0.1) is 16.2 Å². The molecule has 2 heterocycles. The van der Waals surface area contributed by atoms with Gasteiger partial charge < -0.3 is 10.0 Å². The molecule has 1 saturated carbocycles. The first-order valence-corrected chi connectivity index (χ1v) is 11.2. The second kappa shape index (κ2) is 7.84. The molecule has 1 aliphatic carbocycles. The van der Waals surface area contributed by atoms with E-state index < -0.39 is 27.8 Å². The van der Waals surface area contributed by atoms with Crippen LogP contribution in [0.2, 0.25) is 4.34 Å². The summed E-state index contributed by atoms with van der Waals surface area (Å²) in [6.45, 7) is 0.960. The molecule has 144 valence electrons. The lowest BCUT2D eigenvalue weighted by molar-refractivity contribution is -0.152.